The fourth-order valence-electron chi connectivity index (χ4n) is 4.99. The number of quaternary nitrogens is 1. The van der Waals surface area contributed by atoms with Crippen LogP contribution in [0.5, 0.6) is 0 Å². The van der Waals surface area contributed by atoms with Crippen LogP contribution in [0.15, 0.2) is 72.9 Å². The summed E-state index contributed by atoms with van der Waals surface area (Å²) in [5.74, 6) is -0.219. The quantitative estimate of drug-likeness (QED) is 0.0295. The monoisotopic (exact) mass is 735 g/mol. The normalized spacial score (nSPS) is 15.4. The molecule has 0 heterocycles. The highest BCUT2D eigenvalue weighted by molar-refractivity contribution is 7.45. The molecule has 0 fully saturated rings. The molecule has 0 spiro atoms. The van der Waals surface area contributed by atoms with Crippen molar-refractivity contribution in [3.63, 3.8) is 0 Å². The molecule has 3 unspecified atom stereocenters. The second kappa shape index (κ2) is 33.8. The fourth-order valence-corrected chi connectivity index (χ4v) is 5.71. The first-order valence-electron chi connectivity index (χ1n) is 19.8. The lowest BCUT2D eigenvalue weighted by molar-refractivity contribution is -0.870. The summed E-state index contributed by atoms with van der Waals surface area (Å²) >= 11 is 0. The molecule has 9 heteroatoms. The van der Waals surface area contributed by atoms with Gasteiger partial charge in [0.05, 0.1) is 39.9 Å². The Hall–Kier alpha value is -2.06. The second-order valence-electron chi connectivity index (χ2n) is 14.3. The highest BCUT2D eigenvalue weighted by Gasteiger charge is 2.23. The molecule has 2 N–H and O–H groups in total. The van der Waals surface area contributed by atoms with Crippen LogP contribution in [-0.4, -0.2) is 68.5 Å². The largest absolute Gasteiger partial charge is 0.756 e. The Labute approximate surface area is 313 Å². The van der Waals surface area contributed by atoms with E-state index in [0.29, 0.717) is 17.4 Å². The van der Waals surface area contributed by atoms with Gasteiger partial charge in [0.15, 0.2) is 0 Å². The van der Waals surface area contributed by atoms with E-state index >= 15 is 0 Å². The van der Waals surface area contributed by atoms with E-state index < -0.39 is 26.6 Å². The van der Waals surface area contributed by atoms with Crippen LogP contribution in [0.4, 0.5) is 0 Å². The molecule has 0 aromatic heterocycles. The van der Waals surface area contributed by atoms with Crippen LogP contribution in [-0.2, 0) is 18.4 Å². The lowest BCUT2D eigenvalue weighted by Crippen LogP contribution is -2.45. The Bertz CT molecular complexity index is 1060. The lowest BCUT2D eigenvalue weighted by atomic mass is 10.1. The zero-order valence-electron chi connectivity index (χ0n) is 33.0. The summed E-state index contributed by atoms with van der Waals surface area (Å²) in [6.07, 6.45) is 44.4. The standard InChI is InChI=1S/C42H75N2O6P/c1-6-8-10-12-13-14-15-16-17-18-19-20-21-22-23-24-25-26-27-28-29-30-31-32-34-36-42(46)43-40(41(45)35-33-11-9-7-2)39-50-51(47,48)49-38-37-44(3,4)5/h8,10,13-14,16-17,19-20,22-23,33,35,40-41,45H,6-7,9,11-12,15,18,21,24-32,34,36-39H2,1-5H3,(H-,43,46,47,48)/b10-8-,14-13-,17-16-,20-19-,23-22-,35-33+. The zero-order valence-corrected chi connectivity index (χ0v) is 33.9. The minimum Gasteiger partial charge on any atom is -0.756 e. The van der Waals surface area contributed by atoms with Gasteiger partial charge in [0, 0.05) is 6.42 Å². The maximum absolute atomic E-state index is 12.7. The van der Waals surface area contributed by atoms with Crippen molar-refractivity contribution >= 4 is 13.7 Å². The van der Waals surface area contributed by atoms with Crippen LogP contribution in [0.3, 0.4) is 0 Å². The van der Waals surface area contributed by atoms with Crippen molar-refractivity contribution in [1.29, 1.82) is 0 Å². The van der Waals surface area contributed by atoms with Gasteiger partial charge in [-0.2, -0.15) is 0 Å². The van der Waals surface area contributed by atoms with Crippen LogP contribution in [0.2, 0.25) is 0 Å². The fraction of sp³-hybridized carbons (Fsp3) is 0.690. The molecule has 1 amide bonds. The van der Waals surface area contributed by atoms with Crippen LogP contribution in [0.25, 0.3) is 0 Å². The number of hydrogen-bond donors (Lipinski definition) is 2. The maximum Gasteiger partial charge on any atom is 0.268 e. The summed E-state index contributed by atoms with van der Waals surface area (Å²) < 4.78 is 22.9. The molecule has 0 aromatic carbocycles. The number of likely N-dealkylation sites (N-methyl/N-ethyl adjacent to an activating group) is 1. The number of hydrogen-bond acceptors (Lipinski definition) is 6. The number of nitrogens with zero attached hydrogens (tertiary/aromatic N) is 1. The van der Waals surface area contributed by atoms with E-state index in [2.05, 4.69) is 79.9 Å². The van der Waals surface area contributed by atoms with E-state index in [4.69, 9.17) is 9.05 Å². The van der Waals surface area contributed by atoms with Crippen molar-refractivity contribution in [2.75, 3.05) is 40.9 Å². The van der Waals surface area contributed by atoms with Crippen molar-refractivity contribution < 1.29 is 32.9 Å². The zero-order chi connectivity index (χ0) is 37.9. The summed E-state index contributed by atoms with van der Waals surface area (Å²) in [5, 5.41) is 13.5. The Kier molecular flexibility index (Phi) is 32.4. The van der Waals surface area contributed by atoms with Crippen LogP contribution < -0.4 is 10.2 Å². The number of phosphoric acid groups is 1. The van der Waals surface area contributed by atoms with Gasteiger partial charge in [-0.25, -0.2) is 0 Å². The van der Waals surface area contributed by atoms with Gasteiger partial charge in [-0.3, -0.25) is 9.36 Å². The van der Waals surface area contributed by atoms with Crippen molar-refractivity contribution in [1.82, 2.24) is 5.32 Å². The van der Waals surface area contributed by atoms with Gasteiger partial charge >= 0.3 is 0 Å². The molecular formula is C42H75N2O6P. The highest BCUT2D eigenvalue weighted by Crippen LogP contribution is 2.38. The number of unbranched alkanes of at least 4 members (excludes halogenated alkanes) is 11. The second-order valence-corrected chi connectivity index (χ2v) is 15.7. The van der Waals surface area contributed by atoms with Crippen molar-refractivity contribution in [3.8, 4) is 0 Å². The Morgan fingerprint density at radius 2 is 1.20 bits per heavy atom. The predicted molar refractivity (Wildman–Crippen MR) is 214 cm³/mol. The summed E-state index contributed by atoms with van der Waals surface area (Å²) in [6.45, 7) is 4.33. The summed E-state index contributed by atoms with van der Waals surface area (Å²) in [7, 11) is 1.23. The Morgan fingerprint density at radius 1 is 0.706 bits per heavy atom. The van der Waals surface area contributed by atoms with E-state index in [-0.39, 0.29) is 12.5 Å². The number of aliphatic hydroxyl groups excluding tert-OH is 1. The smallest absolute Gasteiger partial charge is 0.268 e. The molecule has 51 heavy (non-hydrogen) atoms. The van der Waals surface area contributed by atoms with Crippen LogP contribution >= 0.6 is 7.82 Å². The molecule has 0 rings (SSSR count). The third-order valence-electron chi connectivity index (χ3n) is 8.17. The summed E-state index contributed by atoms with van der Waals surface area (Å²) in [6, 6.07) is -0.888. The molecule has 0 bridgehead atoms. The molecule has 0 radical (unpaired) electrons. The van der Waals surface area contributed by atoms with Crippen LogP contribution in [0, 0.1) is 0 Å². The predicted octanol–water partition coefficient (Wildman–Crippen LogP) is 9.83. The molecule has 3 atom stereocenters. The lowest BCUT2D eigenvalue weighted by Gasteiger charge is -2.29. The first-order chi connectivity index (χ1) is 24.5. The third kappa shape index (κ3) is 36.1. The highest BCUT2D eigenvalue weighted by atomic mass is 31.2. The van der Waals surface area contributed by atoms with E-state index in [9.17, 15) is 19.4 Å². The molecule has 8 nitrogen and oxygen atoms in total. The number of allylic oxidation sites excluding steroid dienone is 11. The molecule has 0 saturated carbocycles. The molecule has 0 saturated heterocycles. The van der Waals surface area contributed by atoms with Crippen molar-refractivity contribution in [2.45, 2.75) is 148 Å². The third-order valence-corrected chi connectivity index (χ3v) is 9.14. The molecule has 0 aromatic rings. The Balaban J connectivity index is 4.08. The van der Waals surface area contributed by atoms with Gasteiger partial charge in [0.1, 0.15) is 13.2 Å². The molecular weight excluding hydrogens is 659 g/mol. The SMILES string of the molecule is CC/C=C\C/C=C\C/C=C\C/C=C\C/C=C\CCCCCCCCCCCC(=O)NC(COP(=O)([O-])OCC[N+](C)(C)C)C(O)/C=C/CCCC. The average molecular weight is 735 g/mol. The van der Waals surface area contributed by atoms with E-state index in [1.54, 1.807) is 6.08 Å². The number of rotatable bonds is 34. The van der Waals surface area contributed by atoms with Gasteiger partial charge in [-0.1, -0.05) is 145 Å². The number of carbonyl (C=O) groups excluding carboxylic acids is 1. The van der Waals surface area contributed by atoms with Gasteiger partial charge in [-0.05, 0) is 57.8 Å². The van der Waals surface area contributed by atoms with E-state index in [0.717, 1.165) is 77.0 Å². The van der Waals surface area contributed by atoms with Gasteiger partial charge in [-0.15, -0.1) is 0 Å². The summed E-state index contributed by atoms with van der Waals surface area (Å²) in [4.78, 5) is 25.0. The number of amides is 1. The number of aliphatic hydroxyl groups is 1. The number of carbonyl (C=O) groups is 1. The molecule has 0 aliphatic rings. The first kappa shape index (κ1) is 48.9. The van der Waals surface area contributed by atoms with Crippen molar-refractivity contribution in [3.05, 3.63) is 72.9 Å². The molecule has 294 valence electrons. The van der Waals surface area contributed by atoms with Crippen molar-refractivity contribution in [2.24, 2.45) is 0 Å². The topological polar surface area (TPSA) is 108 Å². The molecule has 0 aliphatic carbocycles. The minimum atomic E-state index is -4.57. The summed E-state index contributed by atoms with van der Waals surface area (Å²) in [5.41, 5.74) is 0. The van der Waals surface area contributed by atoms with Crippen LogP contribution in [0.1, 0.15) is 136 Å². The van der Waals surface area contributed by atoms with Gasteiger partial charge < -0.3 is 28.8 Å². The van der Waals surface area contributed by atoms with Gasteiger partial charge in [0.25, 0.3) is 7.82 Å². The average Bonchev–Trinajstić information content (AvgIpc) is 3.07. The maximum atomic E-state index is 12.7. The first-order valence-corrected chi connectivity index (χ1v) is 21.3. The number of nitrogens with one attached hydrogen (secondary N) is 1. The Morgan fingerprint density at radius 3 is 1.73 bits per heavy atom. The van der Waals surface area contributed by atoms with E-state index in [1.165, 1.54) is 38.5 Å². The van der Waals surface area contributed by atoms with Gasteiger partial charge in [0.2, 0.25) is 5.91 Å². The minimum absolute atomic E-state index is 0.00736. The molecule has 0 aliphatic heterocycles. The number of phosphoric ester groups is 1. The van der Waals surface area contributed by atoms with E-state index in [1.807, 2.05) is 27.2 Å².